The monoisotopic (exact) mass is 271 g/mol. The molecule has 0 unspecified atom stereocenters. The Bertz CT molecular complexity index is 612. The first-order valence-electron chi connectivity index (χ1n) is 6.77. The molecule has 1 fully saturated rings. The maximum Gasteiger partial charge on any atom is 0.224 e. The fraction of sp³-hybridized carbons (Fsp3) is 0.333. The average Bonchev–Trinajstić information content (AvgIpc) is 3.25. The van der Waals surface area contributed by atoms with Crippen LogP contribution in [0, 0.1) is 0 Å². The molecule has 1 aromatic carbocycles. The van der Waals surface area contributed by atoms with Crippen LogP contribution in [-0.4, -0.2) is 21.7 Å². The van der Waals surface area contributed by atoms with Crippen LogP contribution in [0.2, 0.25) is 0 Å². The summed E-state index contributed by atoms with van der Waals surface area (Å²) in [5, 5.41) is 9.08. The smallest absolute Gasteiger partial charge is 0.224 e. The molecule has 3 rings (SSSR count). The van der Waals surface area contributed by atoms with Crippen molar-refractivity contribution in [1.29, 1.82) is 0 Å². The number of para-hydroxylation sites is 1. The Labute approximate surface area is 117 Å². The van der Waals surface area contributed by atoms with Crippen LogP contribution in [0.4, 0.5) is 5.82 Å². The van der Waals surface area contributed by atoms with Crippen LogP contribution in [0.5, 0.6) is 11.6 Å². The van der Waals surface area contributed by atoms with Gasteiger partial charge in [-0.25, -0.2) is 4.98 Å². The molecule has 0 radical (unpaired) electrons. The van der Waals surface area contributed by atoms with Crippen molar-refractivity contribution < 1.29 is 9.84 Å². The Balaban J connectivity index is 1.87. The van der Waals surface area contributed by atoms with Crippen molar-refractivity contribution in [1.82, 2.24) is 9.97 Å². The van der Waals surface area contributed by atoms with E-state index >= 15 is 0 Å². The van der Waals surface area contributed by atoms with E-state index in [1.807, 2.05) is 24.3 Å². The second-order valence-electron chi connectivity index (χ2n) is 4.95. The number of hydrogen-bond donors (Lipinski definition) is 2. The maximum absolute atomic E-state index is 9.08. The molecule has 1 aliphatic rings. The van der Waals surface area contributed by atoms with Gasteiger partial charge in [0, 0.05) is 18.6 Å². The third-order valence-corrected chi connectivity index (χ3v) is 3.25. The molecule has 1 aromatic heterocycles. The zero-order valence-electron chi connectivity index (χ0n) is 11.1. The van der Waals surface area contributed by atoms with Gasteiger partial charge < -0.3 is 15.6 Å². The molecular formula is C15H17N3O2. The van der Waals surface area contributed by atoms with E-state index in [0.29, 0.717) is 29.8 Å². The number of nitrogens with zero attached hydrogens (tertiary/aromatic N) is 2. The average molecular weight is 271 g/mol. The van der Waals surface area contributed by atoms with Crippen molar-refractivity contribution in [3.63, 3.8) is 0 Å². The molecule has 1 saturated carbocycles. The van der Waals surface area contributed by atoms with E-state index in [4.69, 9.17) is 15.6 Å². The molecule has 104 valence electrons. The molecule has 0 bridgehead atoms. The highest BCUT2D eigenvalue weighted by Crippen LogP contribution is 2.39. The lowest BCUT2D eigenvalue weighted by Crippen LogP contribution is -2.01. The van der Waals surface area contributed by atoms with Crippen molar-refractivity contribution in [2.75, 3.05) is 12.3 Å². The number of nitrogens with two attached hydrogens (primary N) is 1. The first-order chi connectivity index (χ1) is 9.76. The Morgan fingerprint density at radius 1 is 1.25 bits per heavy atom. The van der Waals surface area contributed by atoms with E-state index in [9.17, 15) is 0 Å². The number of aliphatic hydroxyl groups excluding tert-OH is 1. The Morgan fingerprint density at radius 3 is 2.80 bits per heavy atom. The summed E-state index contributed by atoms with van der Waals surface area (Å²) >= 11 is 0. The molecule has 1 heterocycles. The summed E-state index contributed by atoms with van der Waals surface area (Å²) in [7, 11) is 0. The maximum atomic E-state index is 9.08. The summed E-state index contributed by atoms with van der Waals surface area (Å²) in [6.45, 7) is 0.0829. The zero-order chi connectivity index (χ0) is 13.9. The number of benzene rings is 1. The van der Waals surface area contributed by atoms with Gasteiger partial charge >= 0.3 is 0 Å². The van der Waals surface area contributed by atoms with Gasteiger partial charge in [0.25, 0.3) is 0 Å². The van der Waals surface area contributed by atoms with E-state index in [1.165, 1.54) is 0 Å². The van der Waals surface area contributed by atoms with Crippen molar-refractivity contribution in [2.45, 2.75) is 25.2 Å². The van der Waals surface area contributed by atoms with Gasteiger partial charge in [0.1, 0.15) is 17.4 Å². The van der Waals surface area contributed by atoms with Crippen molar-refractivity contribution in [2.24, 2.45) is 0 Å². The van der Waals surface area contributed by atoms with Gasteiger partial charge in [-0.2, -0.15) is 4.98 Å². The predicted molar refractivity (Wildman–Crippen MR) is 75.7 cm³/mol. The standard InChI is InChI=1S/C15H17N3O2/c16-13-9-14(18-15(17-13)11-5-6-11)20-12-4-2-1-3-10(12)7-8-19/h1-4,9,11,19H,5-8H2,(H2,16,17,18). The normalized spacial score (nSPS) is 14.2. The molecule has 20 heavy (non-hydrogen) atoms. The van der Waals surface area contributed by atoms with Gasteiger partial charge in [-0.1, -0.05) is 18.2 Å². The van der Waals surface area contributed by atoms with Crippen molar-refractivity contribution in [3.8, 4) is 11.6 Å². The van der Waals surface area contributed by atoms with E-state index in [1.54, 1.807) is 6.07 Å². The molecule has 2 aromatic rings. The lowest BCUT2D eigenvalue weighted by atomic mass is 10.1. The number of nitrogen functional groups attached to an aromatic ring is 1. The first-order valence-corrected chi connectivity index (χ1v) is 6.77. The lowest BCUT2D eigenvalue weighted by Gasteiger charge is -2.10. The van der Waals surface area contributed by atoms with Gasteiger partial charge in [0.15, 0.2) is 0 Å². The highest BCUT2D eigenvalue weighted by Gasteiger charge is 2.27. The fourth-order valence-electron chi connectivity index (χ4n) is 2.08. The largest absolute Gasteiger partial charge is 0.439 e. The quantitative estimate of drug-likeness (QED) is 0.871. The molecule has 0 aliphatic heterocycles. The van der Waals surface area contributed by atoms with Crippen LogP contribution in [0.1, 0.15) is 30.1 Å². The third kappa shape index (κ3) is 2.88. The van der Waals surface area contributed by atoms with Crippen molar-refractivity contribution in [3.05, 3.63) is 41.7 Å². The van der Waals surface area contributed by atoms with Crippen LogP contribution in [0.25, 0.3) is 0 Å². The summed E-state index contributed by atoms with van der Waals surface area (Å²) < 4.78 is 5.82. The highest BCUT2D eigenvalue weighted by atomic mass is 16.5. The highest BCUT2D eigenvalue weighted by molar-refractivity contribution is 5.40. The number of aromatic nitrogens is 2. The zero-order valence-corrected chi connectivity index (χ0v) is 11.1. The number of rotatable bonds is 5. The van der Waals surface area contributed by atoms with Crippen LogP contribution < -0.4 is 10.5 Å². The van der Waals surface area contributed by atoms with Crippen LogP contribution in [0.3, 0.4) is 0 Å². The molecule has 0 atom stereocenters. The number of ether oxygens (including phenoxy) is 1. The summed E-state index contributed by atoms with van der Waals surface area (Å²) in [6, 6.07) is 9.23. The third-order valence-electron chi connectivity index (χ3n) is 3.25. The van der Waals surface area contributed by atoms with Crippen molar-refractivity contribution >= 4 is 5.82 Å². The van der Waals surface area contributed by atoms with E-state index in [0.717, 1.165) is 24.2 Å². The van der Waals surface area contributed by atoms with Crippen LogP contribution in [-0.2, 0) is 6.42 Å². The number of anilines is 1. The van der Waals surface area contributed by atoms with Gasteiger partial charge in [-0.15, -0.1) is 0 Å². The number of hydrogen-bond acceptors (Lipinski definition) is 5. The molecule has 0 spiro atoms. The minimum absolute atomic E-state index is 0.0829. The van der Waals surface area contributed by atoms with Gasteiger partial charge in [-0.3, -0.25) is 0 Å². The summed E-state index contributed by atoms with van der Waals surface area (Å²) in [6.07, 6.45) is 2.78. The second-order valence-corrected chi connectivity index (χ2v) is 4.95. The van der Waals surface area contributed by atoms with E-state index in [2.05, 4.69) is 9.97 Å². The second kappa shape index (κ2) is 5.46. The van der Waals surface area contributed by atoms with Gasteiger partial charge in [0.2, 0.25) is 5.88 Å². The van der Waals surface area contributed by atoms with Gasteiger partial charge in [0.05, 0.1) is 0 Å². The first kappa shape index (κ1) is 12.9. The van der Waals surface area contributed by atoms with Crippen LogP contribution >= 0.6 is 0 Å². The fourth-order valence-corrected chi connectivity index (χ4v) is 2.08. The predicted octanol–water partition coefficient (Wildman–Crippen LogP) is 2.26. The molecule has 3 N–H and O–H groups in total. The summed E-state index contributed by atoms with van der Waals surface area (Å²) in [4.78, 5) is 8.66. The minimum Gasteiger partial charge on any atom is -0.439 e. The van der Waals surface area contributed by atoms with E-state index < -0.39 is 0 Å². The van der Waals surface area contributed by atoms with Crippen LogP contribution in [0.15, 0.2) is 30.3 Å². The SMILES string of the molecule is Nc1cc(Oc2ccccc2CCO)nc(C2CC2)n1. The molecule has 0 amide bonds. The van der Waals surface area contributed by atoms with Gasteiger partial charge in [-0.05, 0) is 30.9 Å². The Hall–Kier alpha value is -2.14. The lowest BCUT2D eigenvalue weighted by molar-refractivity contribution is 0.297. The topological polar surface area (TPSA) is 81.3 Å². The molecule has 1 aliphatic carbocycles. The molecular weight excluding hydrogens is 254 g/mol. The molecule has 0 saturated heterocycles. The molecule has 5 heteroatoms. The summed E-state index contributed by atoms with van der Waals surface area (Å²) in [5.74, 6) is 2.77. The molecule has 5 nitrogen and oxygen atoms in total. The Morgan fingerprint density at radius 2 is 2.05 bits per heavy atom. The van der Waals surface area contributed by atoms with E-state index in [-0.39, 0.29) is 6.61 Å². The summed E-state index contributed by atoms with van der Waals surface area (Å²) in [5.41, 5.74) is 6.75. The number of aliphatic hydroxyl groups is 1. The Kier molecular flexibility index (Phi) is 3.52. The minimum atomic E-state index is 0.0829.